The molecule has 0 radical (unpaired) electrons. The zero-order valence-electron chi connectivity index (χ0n) is 14.5. The predicted molar refractivity (Wildman–Crippen MR) is 98.6 cm³/mol. The number of rotatable bonds is 3. The molecule has 0 fully saturated rings. The number of carbonyl (C=O) groups excluding carboxylic acids is 2. The molecule has 0 aliphatic carbocycles. The van der Waals surface area contributed by atoms with Gasteiger partial charge in [0, 0.05) is 10.7 Å². The molecule has 1 atom stereocenters. The number of amides is 3. The highest BCUT2D eigenvalue weighted by Crippen LogP contribution is 2.35. The number of para-hydroxylation sites is 1. The number of hydrogen-bond donors (Lipinski definition) is 3. The van der Waals surface area contributed by atoms with Crippen LogP contribution in [0.25, 0.3) is 0 Å². The summed E-state index contributed by atoms with van der Waals surface area (Å²) in [5.41, 5.74) is -0.499. The van der Waals surface area contributed by atoms with Gasteiger partial charge in [-0.3, -0.25) is 4.79 Å². The molecule has 1 aliphatic heterocycles. The van der Waals surface area contributed by atoms with Gasteiger partial charge >= 0.3 is 12.2 Å². The number of allylic oxidation sites excluding steroid dienone is 1. The van der Waals surface area contributed by atoms with Crippen LogP contribution in [-0.4, -0.2) is 11.9 Å². The maximum atomic E-state index is 13.2. The maximum Gasteiger partial charge on any atom is 0.418 e. The molecule has 3 N–H and O–H groups in total. The highest BCUT2D eigenvalue weighted by atomic mass is 35.5. The van der Waals surface area contributed by atoms with Crippen molar-refractivity contribution in [1.29, 1.82) is 0 Å². The van der Waals surface area contributed by atoms with E-state index in [9.17, 15) is 22.8 Å². The normalized spacial score (nSPS) is 17.0. The van der Waals surface area contributed by atoms with Crippen LogP contribution in [0.3, 0.4) is 0 Å². The molecule has 0 spiro atoms. The molecule has 1 heterocycles. The van der Waals surface area contributed by atoms with Gasteiger partial charge in [0.25, 0.3) is 5.91 Å². The third-order valence-electron chi connectivity index (χ3n) is 4.18. The standard InChI is InChI=1S/C19H15ClF3N3O2/c1-10-15(16(26-18(28)24-10)11-5-4-6-12(20)9-11)17(27)25-14-8-3-2-7-13(14)19(21,22)23/h2-9,16H,1H3,(H,25,27)(H2,24,26,28)/t16-/m1/s1. The Balaban J connectivity index is 1.99. The topological polar surface area (TPSA) is 70.2 Å². The van der Waals surface area contributed by atoms with Crippen molar-refractivity contribution in [3.05, 3.63) is 76.0 Å². The first-order valence-electron chi connectivity index (χ1n) is 8.18. The number of urea groups is 1. The molecule has 0 saturated carbocycles. The lowest BCUT2D eigenvalue weighted by atomic mass is 9.94. The number of anilines is 1. The molecule has 146 valence electrons. The fourth-order valence-corrected chi connectivity index (χ4v) is 3.16. The average Bonchev–Trinajstić information content (AvgIpc) is 2.60. The summed E-state index contributed by atoms with van der Waals surface area (Å²) in [7, 11) is 0. The number of benzene rings is 2. The van der Waals surface area contributed by atoms with Crippen molar-refractivity contribution in [3.8, 4) is 0 Å². The molecule has 9 heteroatoms. The third kappa shape index (κ3) is 4.12. The van der Waals surface area contributed by atoms with Crippen molar-refractivity contribution in [1.82, 2.24) is 10.6 Å². The Morgan fingerprint density at radius 3 is 2.54 bits per heavy atom. The number of halogens is 4. The molecule has 0 saturated heterocycles. The summed E-state index contributed by atoms with van der Waals surface area (Å²) >= 11 is 5.99. The van der Waals surface area contributed by atoms with Crippen LogP contribution in [0.5, 0.6) is 0 Å². The fourth-order valence-electron chi connectivity index (χ4n) is 2.96. The van der Waals surface area contributed by atoms with E-state index in [1.165, 1.54) is 25.1 Å². The number of nitrogens with one attached hydrogen (secondary N) is 3. The van der Waals surface area contributed by atoms with E-state index in [4.69, 9.17) is 11.6 Å². The average molecular weight is 410 g/mol. The summed E-state index contributed by atoms with van der Waals surface area (Å²) in [6.45, 7) is 1.50. The van der Waals surface area contributed by atoms with Gasteiger partial charge in [0.05, 0.1) is 22.9 Å². The second-order valence-electron chi connectivity index (χ2n) is 6.12. The van der Waals surface area contributed by atoms with Crippen molar-refractivity contribution in [2.24, 2.45) is 0 Å². The van der Waals surface area contributed by atoms with Crippen LogP contribution in [0.1, 0.15) is 24.1 Å². The zero-order chi connectivity index (χ0) is 20.5. The quantitative estimate of drug-likeness (QED) is 0.692. The minimum absolute atomic E-state index is 0.0823. The van der Waals surface area contributed by atoms with E-state index in [1.807, 2.05) is 0 Å². The van der Waals surface area contributed by atoms with Crippen LogP contribution in [-0.2, 0) is 11.0 Å². The second-order valence-corrected chi connectivity index (χ2v) is 6.56. The first-order valence-corrected chi connectivity index (χ1v) is 8.56. The van der Waals surface area contributed by atoms with Crippen molar-refractivity contribution in [3.63, 3.8) is 0 Å². The summed E-state index contributed by atoms with van der Waals surface area (Å²) < 4.78 is 39.6. The molecule has 28 heavy (non-hydrogen) atoms. The summed E-state index contributed by atoms with van der Waals surface area (Å²) in [4.78, 5) is 24.8. The molecule has 0 aromatic heterocycles. The monoisotopic (exact) mass is 409 g/mol. The second kappa shape index (κ2) is 7.55. The lowest BCUT2D eigenvalue weighted by Gasteiger charge is -2.29. The number of hydrogen-bond acceptors (Lipinski definition) is 2. The van der Waals surface area contributed by atoms with Gasteiger partial charge in [-0.1, -0.05) is 35.9 Å². The molecular formula is C19H15ClF3N3O2. The predicted octanol–water partition coefficient (Wildman–Crippen LogP) is 4.63. The zero-order valence-corrected chi connectivity index (χ0v) is 15.3. The van der Waals surface area contributed by atoms with Crippen LogP contribution < -0.4 is 16.0 Å². The molecule has 1 aliphatic rings. The molecule has 3 amide bonds. The summed E-state index contributed by atoms with van der Waals surface area (Å²) in [5.74, 6) is -0.772. The van der Waals surface area contributed by atoms with E-state index >= 15 is 0 Å². The van der Waals surface area contributed by atoms with Gasteiger partial charge in [0.15, 0.2) is 0 Å². The van der Waals surface area contributed by atoms with Gasteiger partial charge in [0.1, 0.15) is 0 Å². The molecule has 3 rings (SSSR count). The highest BCUT2D eigenvalue weighted by molar-refractivity contribution is 6.30. The van der Waals surface area contributed by atoms with Crippen molar-refractivity contribution in [2.75, 3.05) is 5.32 Å². The van der Waals surface area contributed by atoms with Gasteiger partial charge in [0.2, 0.25) is 0 Å². The van der Waals surface area contributed by atoms with Gasteiger partial charge < -0.3 is 16.0 Å². The van der Waals surface area contributed by atoms with E-state index < -0.39 is 29.7 Å². The third-order valence-corrected chi connectivity index (χ3v) is 4.41. The molecule has 5 nitrogen and oxygen atoms in total. The highest BCUT2D eigenvalue weighted by Gasteiger charge is 2.35. The smallest absolute Gasteiger partial charge is 0.327 e. The van der Waals surface area contributed by atoms with Crippen LogP contribution in [0.15, 0.2) is 59.8 Å². The Bertz CT molecular complexity index is 973. The molecule has 2 aromatic rings. The summed E-state index contributed by atoms with van der Waals surface area (Å²) in [5, 5.41) is 7.77. The Morgan fingerprint density at radius 2 is 1.86 bits per heavy atom. The minimum Gasteiger partial charge on any atom is -0.327 e. The molecule has 0 unspecified atom stereocenters. The first-order chi connectivity index (χ1) is 13.2. The van der Waals surface area contributed by atoms with Crippen molar-refractivity contribution < 1.29 is 22.8 Å². The number of alkyl halides is 3. The fraction of sp³-hybridized carbons (Fsp3) is 0.158. The van der Waals surface area contributed by atoms with Crippen LogP contribution in [0, 0.1) is 0 Å². The van der Waals surface area contributed by atoms with E-state index in [-0.39, 0.29) is 17.0 Å². The molecule has 2 aromatic carbocycles. The van der Waals surface area contributed by atoms with Gasteiger partial charge in [-0.15, -0.1) is 0 Å². The van der Waals surface area contributed by atoms with E-state index in [1.54, 1.807) is 24.3 Å². The Morgan fingerprint density at radius 1 is 1.14 bits per heavy atom. The SMILES string of the molecule is CC1=C(C(=O)Nc2ccccc2C(F)(F)F)[C@@H](c2cccc(Cl)c2)NC(=O)N1. The molecular weight excluding hydrogens is 395 g/mol. The largest absolute Gasteiger partial charge is 0.418 e. The van der Waals surface area contributed by atoms with E-state index in [0.29, 0.717) is 10.6 Å². The Kier molecular flexibility index (Phi) is 5.33. The van der Waals surface area contributed by atoms with Crippen LogP contribution >= 0.6 is 11.6 Å². The number of carbonyl (C=O) groups is 2. The Hall–Kier alpha value is -3.00. The van der Waals surface area contributed by atoms with E-state index in [0.717, 1.165) is 6.07 Å². The van der Waals surface area contributed by atoms with E-state index in [2.05, 4.69) is 16.0 Å². The Labute approximate surface area is 163 Å². The maximum absolute atomic E-state index is 13.2. The lowest BCUT2D eigenvalue weighted by molar-refractivity contribution is -0.137. The summed E-state index contributed by atoms with van der Waals surface area (Å²) in [6, 6.07) is 9.78. The lowest BCUT2D eigenvalue weighted by Crippen LogP contribution is -2.46. The summed E-state index contributed by atoms with van der Waals surface area (Å²) in [6.07, 6.45) is -4.63. The minimum atomic E-state index is -4.63. The molecule has 0 bridgehead atoms. The van der Waals surface area contributed by atoms with Crippen molar-refractivity contribution >= 4 is 29.2 Å². The first kappa shape index (κ1) is 19.8. The van der Waals surface area contributed by atoms with Crippen LogP contribution in [0.4, 0.5) is 23.7 Å². The van der Waals surface area contributed by atoms with Crippen LogP contribution in [0.2, 0.25) is 5.02 Å². The van der Waals surface area contributed by atoms with Gasteiger partial charge in [-0.05, 0) is 36.8 Å². The van der Waals surface area contributed by atoms with Crippen molar-refractivity contribution in [2.45, 2.75) is 19.1 Å². The van der Waals surface area contributed by atoms with Gasteiger partial charge in [-0.2, -0.15) is 13.2 Å². The van der Waals surface area contributed by atoms with Gasteiger partial charge in [-0.25, -0.2) is 4.79 Å².